The van der Waals surface area contributed by atoms with Crippen molar-refractivity contribution in [2.24, 2.45) is 0 Å². The molecule has 0 bridgehead atoms. The van der Waals surface area contributed by atoms with Crippen molar-refractivity contribution in [2.75, 3.05) is 20.2 Å². The number of fused-ring (bicyclic) bond motifs is 1. The zero-order valence-corrected chi connectivity index (χ0v) is 18.5. The first kappa shape index (κ1) is 20.5. The third kappa shape index (κ3) is 4.24. The zero-order chi connectivity index (χ0) is 20.4. The summed E-state index contributed by atoms with van der Waals surface area (Å²) < 4.78 is 6.02. The molecular formula is C22H22Cl2N2O2S. The molecule has 3 aromatic rings. The number of nitrogens with one attached hydrogen (secondary N) is 1. The van der Waals surface area contributed by atoms with Crippen LogP contribution in [0.5, 0.6) is 5.75 Å². The average molecular weight is 449 g/mol. The lowest BCUT2D eigenvalue weighted by Crippen LogP contribution is -2.24. The van der Waals surface area contributed by atoms with Gasteiger partial charge in [-0.2, -0.15) is 0 Å². The van der Waals surface area contributed by atoms with Gasteiger partial charge >= 0.3 is 0 Å². The number of hydrogen-bond donors (Lipinski definition) is 1. The highest BCUT2D eigenvalue weighted by atomic mass is 35.5. The number of benzene rings is 2. The highest BCUT2D eigenvalue weighted by molar-refractivity contribution is 7.22. The first-order valence-electron chi connectivity index (χ1n) is 9.60. The summed E-state index contributed by atoms with van der Waals surface area (Å²) in [5, 5.41) is 4.70. The number of ether oxygens (including phenoxy) is 1. The van der Waals surface area contributed by atoms with Crippen molar-refractivity contribution in [3.05, 3.63) is 62.4 Å². The van der Waals surface area contributed by atoms with Crippen LogP contribution in [-0.2, 0) is 13.1 Å². The highest BCUT2D eigenvalue weighted by Gasteiger charge is 2.20. The maximum absolute atomic E-state index is 12.9. The van der Waals surface area contributed by atoms with Crippen LogP contribution in [0.1, 0.15) is 33.6 Å². The van der Waals surface area contributed by atoms with Crippen molar-refractivity contribution in [3.63, 3.8) is 0 Å². The lowest BCUT2D eigenvalue weighted by Gasteiger charge is -2.17. The van der Waals surface area contributed by atoms with Crippen LogP contribution in [-0.4, -0.2) is 31.0 Å². The van der Waals surface area contributed by atoms with Crippen LogP contribution in [0.25, 0.3) is 10.1 Å². The van der Waals surface area contributed by atoms with E-state index in [0.29, 0.717) is 27.2 Å². The summed E-state index contributed by atoms with van der Waals surface area (Å²) in [6.07, 6.45) is 2.52. The Morgan fingerprint density at radius 2 is 1.83 bits per heavy atom. The zero-order valence-electron chi connectivity index (χ0n) is 16.1. The maximum Gasteiger partial charge on any atom is 0.263 e. The topological polar surface area (TPSA) is 41.6 Å². The number of halogens is 2. The molecule has 0 atom stereocenters. The maximum atomic E-state index is 12.9. The van der Waals surface area contributed by atoms with E-state index in [4.69, 9.17) is 27.9 Å². The molecule has 1 saturated heterocycles. The van der Waals surface area contributed by atoms with Gasteiger partial charge in [-0.15, -0.1) is 11.3 Å². The molecule has 0 radical (unpaired) electrons. The molecule has 0 unspecified atom stereocenters. The molecule has 1 N–H and O–H groups in total. The third-order valence-corrected chi connectivity index (χ3v) is 7.49. The predicted octanol–water partition coefficient (Wildman–Crippen LogP) is 5.74. The second kappa shape index (κ2) is 8.92. The summed E-state index contributed by atoms with van der Waals surface area (Å²) in [6.45, 7) is 3.67. The van der Waals surface area contributed by atoms with Crippen LogP contribution in [0.3, 0.4) is 0 Å². The van der Waals surface area contributed by atoms with Crippen LogP contribution >= 0.6 is 34.5 Å². The predicted molar refractivity (Wildman–Crippen MR) is 121 cm³/mol. The van der Waals surface area contributed by atoms with Gasteiger partial charge in [-0.3, -0.25) is 9.69 Å². The molecule has 1 amide bonds. The van der Waals surface area contributed by atoms with E-state index in [2.05, 4.69) is 28.4 Å². The molecule has 0 saturated carbocycles. The largest absolute Gasteiger partial charge is 0.495 e. The van der Waals surface area contributed by atoms with Gasteiger partial charge in [0.1, 0.15) is 15.6 Å². The lowest BCUT2D eigenvalue weighted by molar-refractivity contribution is 0.0955. The molecule has 4 nitrogen and oxygen atoms in total. The summed E-state index contributed by atoms with van der Waals surface area (Å²) >= 11 is 14.2. The Morgan fingerprint density at radius 1 is 1.10 bits per heavy atom. The minimum atomic E-state index is -0.192. The Bertz CT molecular complexity index is 1040. The average Bonchev–Trinajstić information content (AvgIpc) is 3.36. The molecule has 0 aliphatic carbocycles. The van der Waals surface area contributed by atoms with Gasteiger partial charge in [0.2, 0.25) is 0 Å². The van der Waals surface area contributed by atoms with E-state index in [1.807, 2.05) is 12.1 Å². The van der Waals surface area contributed by atoms with E-state index < -0.39 is 0 Å². The van der Waals surface area contributed by atoms with Crippen LogP contribution in [0, 0.1) is 0 Å². The number of likely N-dealkylation sites (tertiary alicyclic amines) is 1. The molecule has 152 valence electrons. The van der Waals surface area contributed by atoms with Gasteiger partial charge in [0.25, 0.3) is 5.91 Å². The van der Waals surface area contributed by atoms with Gasteiger partial charge in [0.15, 0.2) is 0 Å². The Labute approximate surface area is 184 Å². The number of hydrogen-bond acceptors (Lipinski definition) is 4. The molecule has 2 aromatic carbocycles. The van der Waals surface area contributed by atoms with Gasteiger partial charge in [-0.25, -0.2) is 0 Å². The number of nitrogens with zero attached hydrogens (tertiary/aromatic N) is 1. The summed E-state index contributed by atoms with van der Waals surface area (Å²) in [5.41, 5.74) is 2.38. The van der Waals surface area contributed by atoms with Gasteiger partial charge < -0.3 is 10.1 Å². The van der Waals surface area contributed by atoms with Crippen molar-refractivity contribution in [1.82, 2.24) is 10.2 Å². The van der Waals surface area contributed by atoms with E-state index in [0.717, 1.165) is 35.3 Å². The number of methoxy groups -OCH3 is 1. The molecular weight excluding hydrogens is 427 g/mol. The Hall–Kier alpha value is -1.79. The van der Waals surface area contributed by atoms with Crippen molar-refractivity contribution in [3.8, 4) is 5.75 Å². The summed E-state index contributed by atoms with van der Waals surface area (Å²) in [5.74, 6) is 0.377. The van der Waals surface area contributed by atoms with E-state index in [1.54, 1.807) is 13.2 Å². The fraction of sp³-hybridized carbons (Fsp3) is 0.318. The minimum Gasteiger partial charge on any atom is -0.495 e. The second-order valence-electron chi connectivity index (χ2n) is 7.14. The first-order valence-corrected chi connectivity index (χ1v) is 11.2. The second-order valence-corrected chi connectivity index (χ2v) is 8.91. The first-order chi connectivity index (χ1) is 14.1. The van der Waals surface area contributed by atoms with Gasteiger partial charge in [-0.1, -0.05) is 47.5 Å². The van der Waals surface area contributed by atoms with Crippen molar-refractivity contribution in [1.29, 1.82) is 0 Å². The molecule has 0 spiro atoms. The van der Waals surface area contributed by atoms with Crippen LogP contribution in [0.15, 0.2) is 36.4 Å². The quantitative estimate of drug-likeness (QED) is 0.522. The summed E-state index contributed by atoms with van der Waals surface area (Å²) in [7, 11) is 1.56. The van der Waals surface area contributed by atoms with Crippen LogP contribution in [0.2, 0.25) is 10.0 Å². The Balaban J connectivity index is 1.52. The van der Waals surface area contributed by atoms with Crippen molar-refractivity contribution in [2.45, 2.75) is 25.9 Å². The number of thiophene rings is 1. The SMILES string of the molecule is COc1ccc2c(Cl)c(C(=O)NCc3ccccc3CN3CCCC3)sc2c1Cl. The van der Waals surface area contributed by atoms with E-state index in [9.17, 15) is 4.79 Å². The van der Waals surface area contributed by atoms with Crippen LogP contribution in [0.4, 0.5) is 0 Å². The number of carbonyl (C=O) groups excluding carboxylic acids is 1. The number of amides is 1. The highest BCUT2D eigenvalue weighted by Crippen LogP contribution is 2.42. The van der Waals surface area contributed by atoms with Crippen LogP contribution < -0.4 is 10.1 Å². The minimum absolute atomic E-state index is 0.192. The monoisotopic (exact) mass is 448 g/mol. The third-order valence-electron chi connectivity index (χ3n) is 5.28. The van der Waals surface area contributed by atoms with Crippen molar-refractivity contribution >= 4 is 50.5 Å². The van der Waals surface area contributed by atoms with Crippen molar-refractivity contribution < 1.29 is 9.53 Å². The molecule has 1 aliphatic heterocycles. The molecule has 4 rings (SSSR count). The molecule has 1 aliphatic rings. The summed E-state index contributed by atoms with van der Waals surface area (Å²) in [6, 6.07) is 11.9. The Kier molecular flexibility index (Phi) is 6.30. The fourth-order valence-electron chi connectivity index (χ4n) is 3.71. The van der Waals surface area contributed by atoms with E-state index >= 15 is 0 Å². The molecule has 1 aromatic heterocycles. The van der Waals surface area contributed by atoms with Gasteiger partial charge in [0.05, 0.1) is 16.8 Å². The van der Waals surface area contributed by atoms with Gasteiger partial charge in [-0.05, 0) is 49.2 Å². The lowest BCUT2D eigenvalue weighted by atomic mass is 10.1. The number of rotatable bonds is 6. The molecule has 2 heterocycles. The summed E-state index contributed by atoms with van der Waals surface area (Å²) in [4.78, 5) is 15.8. The number of carbonyl (C=O) groups is 1. The van der Waals surface area contributed by atoms with Gasteiger partial charge in [0, 0.05) is 18.5 Å². The van der Waals surface area contributed by atoms with E-state index in [-0.39, 0.29) is 5.91 Å². The molecule has 7 heteroatoms. The standard InChI is InChI=1S/C22H22Cl2N2O2S/c1-28-17-9-8-16-18(23)21(29-20(16)19(17)24)22(27)25-12-14-6-2-3-7-15(14)13-26-10-4-5-11-26/h2-3,6-9H,4-5,10-13H2,1H3,(H,25,27). The smallest absolute Gasteiger partial charge is 0.263 e. The Morgan fingerprint density at radius 3 is 2.55 bits per heavy atom. The molecule has 29 heavy (non-hydrogen) atoms. The van der Waals surface area contributed by atoms with E-state index in [1.165, 1.54) is 29.7 Å². The normalized spacial score (nSPS) is 14.4. The fourth-order valence-corrected chi connectivity index (χ4v) is 5.52. The molecule has 1 fully saturated rings.